The largest absolute Gasteiger partial charge is 0.370 e. The van der Waals surface area contributed by atoms with E-state index in [4.69, 9.17) is 16.9 Å². The van der Waals surface area contributed by atoms with Gasteiger partial charge in [-0.1, -0.05) is 56.5 Å². The summed E-state index contributed by atoms with van der Waals surface area (Å²) in [7, 11) is 0. The number of nitrogens with zero attached hydrogens (tertiary/aromatic N) is 1. The lowest BCUT2D eigenvalue weighted by atomic mass is 10.0. The molecule has 3 atom stereocenters. The summed E-state index contributed by atoms with van der Waals surface area (Å²) in [5.74, 6) is -1.04. The summed E-state index contributed by atoms with van der Waals surface area (Å²) in [6, 6.07) is 7.30. The maximum Gasteiger partial charge on any atom is 0.245 e. The Bertz CT molecular complexity index is 865. The molecule has 8 N–H and O–H groups in total. The Morgan fingerprint density at radius 1 is 0.946 bits per heavy atom. The molecule has 0 saturated carbocycles. The zero-order valence-corrected chi connectivity index (χ0v) is 22.1. The highest BCUT2D eigenvalue weighted by Gasteiger charge is 2.38. The van der Waals surface area contributed by atoms with E-state index in [9.17, 15) is 14.4 Å². The van der Waals surface area contributed by atoms with Crippen molar-refractivity contribution in [1.29, 1.82) is 5.41 Å². The average Bonchev–Trinajstić information content (AvgIpc) is 2.90. The van der Waals surface area contributed by atoms with Crippen molar-refractivity contribution in [3.8, 4) is 0 Å². The summed E-state index contributed by atoms with van der Waals surface area (Å²) in [6.45, 7) is 3.50. The van der Waals surface area contributed by atoms with Crippen molar-refractivity contribution in [3.05, 3.63) is 35.9 Å². The van der Waals surface area contributed by atoms with Crippen molar-refractivity contribution in [1.82, 2.24) is 20.9 Å². The summed E-state index contributed by atoms with van der Waals surface area (Å²) >= 11 is 0. The molecule has 0 spiro atoms. The molecule has 1 aliphatic rings. The van der Waals surface area contributed by atoms with E-state index in [-0.39, 0.29) is 23.7 Å². The van der Waals surface area contributed by atoms with Crippen LogP contribution in [-0.4, -0.2) is 66.3 Å². The topological polar surface area (TPSA) is 166 Å². The quantitative estimate of drug-likeness (QED) is 0.117. The van der Waals surface area contributed by atoms with Crippen molar-refractivity contribution < 1.29 is 14.4 Å². The van der Waals surface area contributed by atoms with Gasteiger partial charge in [-0.05, 0) is 50.6 Å². The smallest absolute Gasteiger partial charge is 0.245 e. The Kier molecular flexibility index (Phi) is 13.5. The number of hydrogen-bond donors (Lipinski definition) is 6. The average molecular weight is 516 g/mol. The molecule has 1 aliphatic heterocycles. The van der Waals surface area contributed by atoms with Crippen molar-refractivity contribution in [2.45, 2.75) is 89.3 Å². The SMILES string of the molecule is CCCCCCN1C(=O)[C@H](CCCCN)NC(=O)[C@H](Cc2ccccc2)NC(=O)[C@H]1CCCNC(=N)N. The molecule has 2 rings (SSSR count). The second-order valence-corrected chi connectivity index (χ2v) is 9.69. The molecule has 0 radical (unpaired) electrons. The van der Waals surface area contributed by atoms with E-state index in [1.165, 1.54) is 0 Å². The zero-order valence-electron chi connectivity index (χ0n) is 22.1. The van der Waals surface area contributed by atoms with E-state index in [1.807, 2.05) is 30.3 Å². The van der Waals surface area contributed by atoms with Crippen molar-refractivity contribution in [2.24, 2.45) is 11.5 Å². The van der Waals surface area contributed by atoms with Crippen LogP contribution in [-0.2, 0) is 20.8 Å². The molecular formula is C27H45N7O3. The lowest BCUT2D eigenvalue weighted by molar-refractivity contribution is -0.142. The van der Waals surface area contributed by atoms with Crippen molar-refractivity contribution >= 4 is 23.7 Å². The molecule has 10 nitrogen and oxygen atoms in total. The van der Waals surface area contributed by atoms with E-state index in [0.717, 1.165) is 37.7 Å². The van der Waals surface area contributed by atoms with Gasteiger partial charge in [-0.3, -0.25) is 19.8 Å². The van der Waals surface area contributed by atoms with Gasteiger partial charge in [-0.15, -0.1) is 0 Å². The van der Waals surface area contributed by atoms with Crippen LogP contribution in [0.3, 0.4) is 0 Å². The van der Waals surface area contributed by atoms with E-state index >= 15 is 0 Å². The summed E-state index contributed by atoms with van der Waals surface area (Å²) in [5.41, 5.74) is 12.0. The summed E-state index contributed by atoms with van der Waals surface area (Å²) in [4.78, 5) is 42.5. The van der Waals surface area contributed by atoms with Crippen LogP contribution in [0.5, 0.6) is 0 Å². The fourth-order valence-electron chi connectivity index (χ4n) is 4.63. The molecule has 206 valence electrons. The van der Waals surface area contributed by atoms with Crippen LogP contribution in [0.2, 0.25) is 0 Å². The van der Waals surface area contributed by atoms with Gasteiger partial charge in [0.05, 0.1) is 0 Å². The number of guanidine groups is 1. The third-order valence-electron chi connectivity index (χ3n) is 6.66. The molecule has 0 aromatic heterocycles. The fourth-order valence-corrected chi connectivity index (χ4v) is 4.63. The molecule has 10 heteroatoms. The second-order valence-electron chi connectivity index (χ2n) is 9.69. The van der Waals surface area contributed by atoms with Gasteiger partial charge < -0.3 is 32.3 Å². The lowest BCUT2D eigenvalue weighted by Gasteiger charge is -2.33. The van der Waals surface area contributed by atoms with E-state index < -0.39 is 18.1 Å². The number of carbonyl (C=O) groups excluding carboxylic acids is 3. The van der Waals surface area contributed by atoms with Crippen LogP contribution in [0.25, 0.3) is 0 Å². The fraction of sp³-hybridized carbons (Fsp3) is 0.630. The minimum Gasteiger partial charge on any atom is -0.370 e. The molecule has 0 aliphatic carbocycles. The van der Waals surface area contributed by atoms with Gasteiger partial charge in [-0.25, -0.2) is 0 Å². The first-order chi connectivity index (χ1) is 17.9. The van der Waals surface area contributed by atoms with Gasteiger partial charge in [-0.2, -0.15) is 0 Å². The minimum absolute atomic E-state index is 0.135. The predicted octanol–water partition coefficient (Wildman–Crippen LogP) is 1.38. The van der Waals surface area contributed by atoms with Gasteiger partial charge >= 0.3 is 0 Å². The first-order valence-corrected chi connectivity index (χ1v) is 13.6. The molecule has 0 bridgehead atoms. The van der Waals surface area contributed by atoms with Crippen LogP contribution in [0, 0.1) is 5.41 Å². The second kappa shape index (κ2) is 16.6. The Balaban J connectivity index is 2.35. The summed E-state index contributed by atoms with van der Waals surface area (Å²) < 4.78 is 0. The third kappa shape index (κ3) is 10.4. The zero-order chi connectivity index (χ0) is 27.0. The number of benzene rings is 1. The molecule has 0 unspecified atom stereocenters. The molecule has 37 heavy (non-hydrogen) atoms. The summed E-state index contributed by atoms with van der Waals surface area (Å²) in [6.07, 6.45) is 7.05. The van der Waals surface area contributed by atoms with E-state index in [0.29, 0.717) is 51.7 Å². The maximum absolute atomic E-state index is 13.8. The first kappa shape index (κ1) is 30.1. The van der Waals surface area contributed by atoms with Gasteiger partial charge in [0.15, 0.2) is 5.96 Å². The van der Waals surface area contributed by atoms with Crippen molar-refractivity contribution in [2.75, 3.05) is 19.6 Å². The monoisotopic (exact) mass is 515 g/mol. The number of hydrogen-bond acceptors (Lipinski definition) is 5. The standard InChI is InChI=1S/C27H45N7O3/c1-2-3-4-10-18-34-23(15-11-17-31-27(29)30)25(36)33-22(19-20-12-6-5-7-13-20)24(35)32-21(26(34)37)14-8-9-16-28/h5-7,12-13,21-23H,2-4,8-11,14-19,28H2,1H3,(H,32,35)(H,33,36)(H4,29,30,31)/t21-,22-,23+/m0/s1. The minimum atomic E-state index is -0.794. The van der Waals surface area contributed by atoms with Gasteiger partial charge in [0.2, 0.25) is 17.7 Å². The van der Waals surface area contributed by atoms with E-state index in [2.05, 4.69) is 22.9 Å². The normalized spacial score (nSPS) is 20.4. The lowest BCUT2D eigenvalue weighted by Crippen LogP contribution is -2.54. The Morgan fingerprint density at radius 3 is 2.35 bits per heavy atom. The number of nitrogens with one attached hydrogen (secondary N) is 4. The number of nitrogens with two attached hydrogens (primary N) is 2. The number of rotatable bonds is 15. The van der Waals surface area contributed by atoms with Crippen LogP contribution in [0.15, 0.2) is 30.3 Å². The Morgan fingerprint density at radius 2 is 1.68 bits per heavy atom. The highest BCUT2D eigenvalue weighted by atomic mass is 16.2. The molecule has 1 aromatic rings. The third-order valence-corrected chi connectivity index (χ3v) is 6.66. The highest BCUT2D eigenvalue weighted by Crippen LogP contribution is 2.18. The van der Waals surface area contributed by atoms with Gasteiger partial charge in [0.25, 0.3) is 0 Å². The van der Waals surface area contributed by atoms with Crippen LogP contribution in [0.4, 0.5) is 0 Å². The Hall–Kier alpha value is -3.14. The molecular weight excluding hydrogens is 470 g/mol. The molecule has 1 fully saturated rings. The Labute approximate surface area is 220 Å². The molecule has 1 aromatic carbocycles. The maximum atomic E-state index is 13.8. The highest BCUT2D eigenvalue weighted by molar-refractivity contribution is 5.97. The first-order valence-electron chi connectivity index (χ1n) is 13.6. The van der Waals surface area contributed by atoms with Crippen molar-refractivity contribution in [3.63, 3.8) is 0 Å². The molecule has 1 saturated heterocycles. The van der Waals surface area contributed by atoms with Gasteiger partial charge in [0.1, 0.15) is 18.1 Å². The van der Waals surface area contributed by atoms with E-state index in [1.54, 1.807) is 4.90 Å². The summed E-state index contributed by atoms with van der Waals surface area (Å²) in [5, 5.41) is 16.0. The van der Waals surface area contributed by atoms with Crippen LogP contribution in [0.1, 0.15) is 70.3 Å². The number of amides is 3. The molecule has 1 heterocycles. The molecule has 3 amide bonds. The van der Waals surface area contributed by atoms with Crippen LogP contribution >= 0.6 is 0 Å². The predicted molar refractivity (Wildman–Crippen MR) is 146 cm³/mol. The number of carbonyl (C=O) groups is 3. The van der Waals surface area contributed by atoms with Gasteiger partial charge in [0, 0.05) is 19.5 Å². The number of unbranched alkanes of at least 4 members (excludes halogenated alkanes) is 4. The van der Waals surface area contributed by atoms with Crippen LogP contribution < -0.4 is 27.4 Å².